The van der Waals surface area contributed by atoms with Crippen molar-refractivity contribution in [1.82, 2.24) is 0 Å². The predicted octanol–water partition coefficient (Wildman–Crippen LogP) is 3.26. The van der Waals surface area contributed by atoms with Crippen molar-refractivity contribution >= 4 is 27.7 Å². The zero-order valence-corrected chi connectivity index (χ0v) is 13.7. The number of halogens is 1. The summed E-state index contributed by atoms with van der Waals surface area (Å²) in [4.78, 5) is 23.3. The minimum absolute atomic E-state index is 0.0732. The van der Waals surface area contributed by atoms with Crippen LogP contribution in [0.15, 0.2) is 22.7 Å². The largest absolute Gasteiger partial charge is 0.496 e. The summed E-state index contributed by atoms with van der Waals surface area (Å²) in [5, 5.41) is 0. The standard InChI is InChI=1S/C15H19BrO4/c1-5-20-14(18)12(17)9-15(2,3)11-7-6-10(16)8-13(11)19-4/h6-8H,5,9H2,1-4H3. The first-order valence-corrected chi connectivity index (χ1v) is 7.15. The third kappa shape index (κ3) is 4.07. The highest BCUT2D eigenvalue weighted by atomic mass is 79.9. The van der Waals surface area contributed by atoms with Gasteiger partial charge in [-0.15, -0.1) is 0 Å². The molecule has 0 aliphatic heterocycles. The van der Waals surface area contributed by atoms with E-state index in [0.717, 1.165) is 10.0 Å². The molecule has 5 heteroatoms. The number of Topliss-reactive ketones (excluding diaryl/α,β-unsaturated/α-hetero) is 1. The molecule has 0 N–H and O–H groups in total. The van der Waals surface area contributed by atoms with Gasteiger partial charge in [0.15, 0.2) is 0 Å². The number of rotatable bonds is 6. The van der Waals surface area contributed by atoms with Gasteiger partial charge in [-0.1, -0.05) is 35.8 Å². The highest BCUT2D eigenvalue weighted by Crippen LogP contribution is 2.36. The number of hydrogen-bond acceptors (Lipinski definition) is 4. The van der Waals surface area contributed by atoms with Crippen LogP contribution in [0.4, 0.5) is 0 Å². The van der Waals surface area contributed by atoms with Gasteiger partial charge in [0, 0.05) is 21.9 Å². The van der Waals surface area contributed by atoms with Gasteiger partial charge in [0.05, 0.1) is 13.7 Å². The maximum Gasteiger partial charge on any atom is 0.374 e. The number of ketones is 1. The van der Waals surface area contributed by atoms with E-state index in [1.807, 2.05) is 32.0 Å². The zero-order valence-electron chi connectivity index (χ0n) is 12.2. The van der Waals surface area contributed by atoms with Crippen molar-refractivity contribution in [3.63, 3.8) is 0 Å². The molecule has 1 aromatic carbocycles. The molecule has 0 fully saturated rings. The third-order valence-electron chi connectivity index (χ3n) is 3.00. The van der Waals surface area contributed by atoms with E-state index >= 15 is 0 Å². The van der Waals surface area contributed by atoms with Crippen molar-refractivity contribution in [3.05, 3.63) is 28.2 Å². The summed E-state index contributed by atoms with van der Waals surface area (Å²) < 4.78 is 11.0. The van der Waals surface area contributed by atoms with Crippen LogP contribution in [-0.4, -0.2) is 25.5 Å². The van der Waals surface area contributed by atoms with E-state index in [0.29, 0.717) is 5.75 Å². The molecule has 0 aliphatic carbocycles. The summed E-state index contributed by atoms with van der Waals surface area (Å²) in [6.45, 7) is 5.67. The van der Waals surface area contributed by atoms with E-state index in [2.05, 4.69) is 15.9 Å². The molecule has 1 aromatic rings. The van der Waals surface area contributed by atoms with E-state index in [9.17, 15) is 9.59 Å². The van der Waals surface area contributed by atoms with Crippen molar-refractivity contribution in [2.24, 2.45) is 0 Å². The Bertz CT molecular complexity index is 509. The van der Waals surface area contributed by atoms with Gasteiger partial charge in [0.2, 0.25) is 5.78 Å². The number of methoxy groups -OCH3 is 1. The van der Waals surface area contributed by atoms with Crippen molar-refractivity contribution in [3.8, 4) is 5.75 Å². The first-order chi connectivity index (χ1) is 9.31. The summed E-state index contributed by atoms with van der Waals surface area (Å²) in [5.41, 5.74) is 0.358. The van der Waals surface area contributed by atoms with Crippen molar-refractivity contribution in [1.29, 1.82) is 0 Å². The summed E-state index contributed by atoms with van der Waals surface area (Å²) in [6, 6.07) is 5.61. The van der Waals surface area contributed by atoms with Gasteiger partial charge in [0.25, 0.3) is 0 Å². The molecule has 0 heterocycles. The van der Waals surface area contributed by atoms with Crippen LogP contribution in [0, 0.1) is 0 Å². The Morgan fingerprint density at radius 1 is 1.30 bits per heavy atom. The van der Waals surface area contributed by atoms with Crippen LogP contribution in [0.3, 0.4) is 0 Å². The molecular formula is C15H19BrO4. The van der Waals surface area contributed by atoms with Crippen LogP contribution in [-0.2, 0) is 19.7 Å². The molecule has 0 amide bonds. The van der Waals surface area contributed by atoms with Crippen molar-refractivity contribution in [2.75, 3.05) is 13.7 Å². The minimum atomic E-state index is -0.781. The van der Waals surface area contributed by atoms with Gasteiger partial charge in [-0.05, 0) is 19.1 Å². The Morgan fingerprint density at radius 2 is 1.95 bits per heavy atom. The Morgan fingerprint density at radius 3 is 2.50 bits per heavy atom. The van der Waals surface area contributed by atoms with Crippen molar-refractivity contribution < 1.29 is 19.1 Å². The zero-order chi connectivity index (χ0) is 15.3. The van der Waals surface area contributed by atoms with Gasteiger partial charge in [-0.25, -0.2) is 4.79 Å². The molecule has 0 radical (unpaired) electrons. The Kier molecular flexibility index (Phi) is 5.74. The lowest BCUT2D eigenvalue weighted by Crippen LogP contribution is -2.28. The number of carbonyl (C=O) groups excluding carboxylic acids is 2. The number of hydrogen-bond donors (Lipinski definition) is 0. The van der Waals surface area contributed by atoms with Crippen LogP contribution >= 0.6 is 15.9 Å². The van der Waals surface area contributed by atoms with Crippen LogP contribution < -0.4 is 4.74 Å². The first-order valence-electron chi connectivity index (χ1n) is 6.35. The molecular weight excluding hydrogens is 324 g/mol. The lowest BCUT2D eigenvalue weighted by Gasteiger charge is -2.26. The highest BCUT2D eigenvalue weighted by molar-refractivity contribution is 9.10. The molecule has 0 unspecified atom stereocenters. The fourth-order valence-electron chi connectivity index (χ4n) is 2.00. The van der Waals surface area contributed by atoms with E-state index in [4.69, 9.17) is 9.47 Å². The Balaban J connectivity index is 2.99. The molecule has 0 spiro atoms. The molecule has 0 atom stereocenters. The second-order valence-electron chi connectivity index (χ2n) is 5.05. The second-order valence-corrected chi connectivity index (χ2v) is 5.96. The molecule has 0 saturated heterocycles. The second kappa shape index (κ2) is 6.88. The fourth-order valence-corrected chi connectivity index (χ4v) is 2.34. The molecule has 20 heavy (non-hydrogen) atoms. The average Bonchev–Trinajstić information content (AvgIpc) is 2.37. The topological polar surface area (TPSA) is 52.6 Å². The molecule has 0 aliphatic rings. The highest BCUT2D eigenvalue weighted by Gasteiger charge is 2.30. The third-order valence-corrected chi connectivity index (χ3v) is 3.49. The van der Waals surface area contributed by atoms with Gasteiger partial charge < -0.3 is 9.47 Å². The fraction of sp³-hybridized carbons (Fsp3) is 0.467. The molecule has 0 bridgehead atoms. The SMILES string of the molecule is CCOC(=O)C(=O)CC(C)(C)c1ccc(Br)cc1OC. The van der Waals surface area contributed by atoms with E-state index in [1.165, 1.54) is 0 Å². The number of ether oxygens (including phenoxy) is 2. The maximum atomic E-state index is 11.9. The minimum Gasteiger partial charge on any atom is -0.496 e. The quantitative estimate of drug-likeness (QED) is 0.588. The molecule has 1 rings (SSSR count). The van der Waals surface area contributed by atoms with Crippen LogP contribution in [0.2, 0.25) is 0 Å². The summed E-state index contributed by atoms with van der Waals surface area (Å²) in [6.07, 6.45) is 0.0732. The van der Waals surface area contributed by atoms with Gasteiger partial charge in [-0.3, -0.25) is 4.79 Å². The number of benzene rings is 1. The smallest absolute Gasteiger partial charge is 0.374 e. The van der Waals surface area contributed by atoms with Crippen molar-refractivity contribution in [2.45, 2.75) is 32.6 Å². The number of esters is 1. The van der Waals surface area contributed by atoms with Crippen LogP contribution in [0.1, 0.15) is 32.8 Å². The molecule has 0 aromatic heterocycles. The lowest BCUT2D eigenvalue weighted by atomic mass is 9.79. The molecule has 4 nitrogen and oxygen atoms in total. The average molecular weight is 343 g/mol. The lowest BCUT2D eigenvalue weighted by molar-refractivity contribution is -0.154. The van der Waals surface area contributed by atoms with E-state index < -0.39 is 17.2 Å². The molecule has 110 valence electrons. The van der Waals surface area contributed by atoms with Gasteiger partial charge >= 0.3 is 5.97 Å². The summed E-state index contributed by atoms with van der Waals surface area (Å²) >= 11 is 3.38. The van der Waals surface area contributed by atoms with Crippen LogP contribution in [0.25, 0.3) is 0 Å². The van der Waals surface area contributed by atoms with Gasteiger partial charge in [0.1, 0.15) is 5.75 Å². The van der Waals surface area contributed by atoms with Gasteiger partial charge in [-0.2, -0.15) is 0 Å². The Hall–Kier alpha value is -1.36. The van der Waals surface area contributed by atoms with E-state index in [-0.39, 0.29) is 13.0 Å². The van der Waals surface area contributed by atoms with Crippen LogP contribution in [0.5, 0.6) is 5.75 Å². The monoisotopic (exact) mass is 342 g/mol. The Labute approximate surface area is 127 Å². The maximum absolute atomic E-state index is 11.9. The summed E-state index contributed by atoms with van der Waals surface area (Å²) in [7, 11) is 1.58. The normalized spacial score (nSPS) is 11.1. The summed E-state index contributed by atoms with van der Waals surface area (Å²) in [5.74, 6) is -0.625. The predicted molar refractivity (Wildman–Crippen MR) is 80.0 cm³/mol. The number of carbonyl (C=O) groups is 2. The van der Waals surface area contributed by atoms with E-state index in [1.54, 1.807) is 14.0 Å². The molecule has 0 saturated carbocycles. The first kappa shape index (κ1) is 16.7.